The molecule has 0 spiro atoms. The molecule has 0 radical (unpaired) electrons. The molecule has 2 aromatic heterocycles. The van der Waals surface area contributed by atoms with E-state index in [-0.39, 0.29) is 28.7 Å². The van der Waals surface area contributed by atoms with Gasteiger partial charge in [-0.05, 0) is 31.6 Å². The number of alkyl halides is 3. The smallest absolute Gasteiger partial charge is 0.391 e. The molecule has 3 rings (SSSR count). The summed E-state index contributed by atoms with van der Waals surface area (Å²) in [5, 5.41) is 7.52. The highest BCUT2D eigenvalue weighted by Crippen LogP contribution is 2.38. The minimum Gasteiger partial charge on any atom is -0.496 e. The zero-order valence-corrected chi connectivity index (χ0v) is 20.8. The zero-order valence-electron chi connectivity index (χ0n) is 20.0. The van der Waals surface area contributed by atoms with Crippen LogP contribution in [0.15, 0.2) is 12.3 Å². The molecule has 1 aliphatic rings. The molecule has 0 saturated heterocycles. The zero-order chi connectivity index (χ0) is 25.0. The molecule has 1 aliphatic carbocycles. The van der Waals surface area contributed by atoms with Gasteiger partial charge in [0.2, 0.25) is 0 Å². The third kappa shape index (κ3) is 6.03. The second-order valence-corrected chi connectivity index (χ2v) is 9.56. The second-order valence-electron chi connectivity index (χ2n) is 9.19. The van der Waals surface area contributed by atoms with Crippen LogP contribution in [0, 0.1) is 17.8 Å². The van der Waals surface area contributed by atoms with Gasteiger partial charge in [0, 0.05) is 37.5 Å². The number of carbonyl (C=O) groups is 1. The van der Waals surface area contributed by atoms with Crippen LogP contribution in [0.4, 0.5) is 13.2 Å². The average Bonchev–Trinajstić information content (AvgIpc) is 3.13. The standard InChI is InChI=1S/C24H32ClF3N4O2/c1-5-32-22(18-13-29-17(11-19(18)34-4)10-15(3)24(26,27)28)20(25)21(31-32)23(33)30-12-16-8-6-14(2)7-9-16/h11,13-16H,5-10,12H2,1-4H3,(H,30,33)/t14?,15-,16?/m0/s1. The van der Waals surface area contributed by atoms with Crippen LogP contribution in [0.3, 0.4) is 0 Å². The number of amides is 1. The topological polar surface area (TPSA) is 69.0 Å². The van der Waals surface area contributed by atoms with Gasteiger partial charge in [0.25, 0.3) is 5.91 Å². The number of carbonyl (C=O) groups excluding carboxylic acids is 1. The summed E-state index contributed by atoms with van der Waals surface area (Å²) in [6, 6.07) is 1.48. The van der Waals surface area contributed by atoms with Crippen molar-refractivity contribution in [2.24, 2.45) is 17.8 Å². The summed E-state index contributed by atoms with van der Waals surface area (Å²) in [5.41, 5.74) is 1.27. The van der Waals surface area contributed by atoms with E-state index in [1.807, 2.05) is 6.92 Å². The SMILES string of the molecule is CCn1nc(C(=O)NCC2CCC(C)CC2)c(Cl)c1-c1cnc(C[C@H](C)C(F)(F)F)cc1OC. The quantitative estimate of drug-likeness (QED) is 0.488. The average molecular weight is 501 g/mol. The van der Waals surface area contributed by atoms with E-state index < -0.39 is 12.1 Å². The fourth-order valence-electron chi connectivity index (χ4n) is 4.29. The number of hydrogen-bond acceptors (Lipinski definition) is 4. The van der Waals surface area contributed by atoms with E-state index in [4.69, 9.17) is 16.3 Å². The number of nitrogens with zero attached hydrogens (tertiary/aromatic N) is 3. The van der Waals surface area contributed by atoms with Crippen LogP contribution in [0.25, 0.3) is 11.3 Å². The summed E-state index contributed by atoms with van der Waals surface area (Å²) < 4.78 is 45.9. The number of aryl methyl sites for hydroxylation is 1. The first kappa shape index (κ1) is 26.3. The van der Waals surface area contributed by atoms with E-state index in [1.165, 1.54) is 32.2 Å². The molecule has 1 atom stereocenters. The highest BCUT2D eigenvalue weighted by molar-refractivity contribution is 6.36. The predicted molar refractivity (Wildman–Crippen MR) is 125 cm³/mol. The van der Waals surface area contributed by atoms with Gasteiger partial charge in [0.05, 0.1) is 29.3 Å². The van der Waals surface area contributed by atoms with Crippen LogP contribution in [0.1, 0.15) is 62.6 Å². The number of hydrogen-bond donors (Lipinski definition) is 1. The van der Waals surface area contributed by atoms with Crippen molar-refractivity contribution in [3.05, 3.63) is 28.7 Å². The number of ether oxygens (including phenoxy) is 1. The van der Waals surface area contributed by atoms with Gasteiger partial charge in [-0.1, -0.05) is 38.3 Å². The number of nitrogens with one attached hydrogen (secondary N) is 1. The Morgan fingerprint density at radius 3 is 2.59 bits per heavy atom. The van der Waals surface area contributed by atoms with Crippen molar-refractivity contribution in [3.63, 3.8) is 0 Å². The molecule has 2 heterocycles. The van der Waals surface area contributed by atoms with Crippen molar-refractivity contribution in [1.82, 2.24) is 20.1 Å². The van der Waals surface area contributed by atoms with Crippen molar-refractivity contribution in [2.75, 3.05) is 13.7 Å². The third-order valence-corrected chi connectivity index (χ3v) is 6.93. The first-order chi connectivity index (χ1) is 16.0. The molecular weight excluding hydrogens is 469 g/mol. The third-order valence-electron chi connectivity index (χ3n) is 6.57. The molecule has 0 aliphatic heterocycles. The molecule has 1 N–H and O–H groups in total. The number of methoxy groups -OCH3 is 1. The van der Waals surface area contributed by atoms with Crippen molar-refractivity contribution >= 4 is 17.5 Å². The number of pyridine rings is 1. The summed E-state index contributed by atoms with van der Waals surface area (Å²) >= 11 is 6.61. The molecule has 0 bridgehead atoms. The summed E-state index contributed by atoms with van der Waals surface area (Å²) in [6.07, 6.45) is 1.36. The van der Waals surface area contributed by atoms with Crippen molar-refractivity contribution in [3.8, 4) is 17.0 Å². The summed E-state index contributed by atoms with van der Waals surface area (Å²) in [7, 11) is 1.43. The van der Waals surface area contributed by atoms with Gasteiger partial charge in [-0.25, -0.2) is 0 Å². The lowest BCUT2D eigenvalue weighted by molar-refractivity contribution is -0.169. The molecule has 10 heteroatoms. The Balaban J connectivity index is 1.83. The Morgan fingerprint density at radius 1 is 1.32 bits per heavy atom. The lowest BCUT2D eigenvalue weighted by Gasteiger charge is -2.26. The van der Waals surface area contributed by atoms with E-state index in [0.29, 0.717) is 36.0 Å². The van der Waals surface area contributed by atoms with E-state index >= 15 is 0 Å². The maximum absolute atomic E-state index is 13.0. The lowest BCUT2D eigenvalue weighted by Crippen LogP contribution is -2.31. The highest BCUT2D eigenvalue weighted by Gasteiger charge is 2.36. The van der Waals surface area contributed by atoms with Crippen LogP contribution in [-0.2, 0) is 13.0 Å². The van der Waals surface area contributed by atoms with E-state index in [9.17, 15) is 18.0 Å². The molecule has 0 aromatic carbocycles. The maximum atomic E-state index is 13.0. The van der Waals surface area contributed by atoms with Crippen LogP contribution in [0.5, 0.6) is 5.75 Å². The van der Waals surface area contributed by atoms with Gasteiger partial charge in [-0.3, -0.25) is 14.5 Å². The Bertz CT molecular complexity index is 1000. The molecule has 0 unspecified atom stereocenters. The molecule has 1 amide bonds. The molecule has 6 nitrogen and oxygen atoms in total. The minimum atomic E-state index is -4.31. The van der Waals surface area contributed by atoms with Crippen LogP contribution < -0.4 is 10.1 Å². The normalized spacial score (nSPS) is 19.6. The Kier molecular flexibility index (Phi) is 8.49. The monoisotopic (exact) mass is 500 g/mol. The molecular formula is C24H32ClF3N4O2. The first-order valence-electron chi connectivity index (χ1n) is 11.7. The second kappa shape index (κ2) is 11.0. The van der Waals surface area contributed by atoms with Crippen LogP contribution in [0.2, 0.25) is 5.02 Å². The maximum Gasteiger partial charge on any atom is 0.391 e. The van der Waals surface area contributed by atoms with Gasteiger partial charge in [0.1, 0.15) is 5.75 Å². The highest BCUT2D eigenvalue weighted by atomic mass is 35.5. The number of rotatable bonds is 8. The fourth-order valence-corrected chi connectivity index (χ4v) is 4.61. The minimum absolute atomic E-state index is 0.111. The Hall–Kier alpha value is -2.29. The molecule has 188 valence electrons. The van der Waals surface area contributed by atoms with Gasteiger partial charge < -0.3 is 10.1 Å². The number of aromatic nitrogens is 3. The van der Waals surface area contributed by atoms with Crippen LogP contribution >= 0.6 is 11.6 Å². The molecule has 1 saturated carbocycles. The van der Waals surface area contributed by atoms with Gasteiger partial charge in [0.15, 0.2) is 5.69 Å². The van der Waals surface area contributed by atoms with E-state index in [0.717, 1.165) is 25.7 Å². The fraction of sp³-hybridized carbons (Fsp3) is 0.625. The van der Waals surface area contributed by atoms with Crippen molar-refractivity contribution < 1.29 is 22.7 Å². The number of halogens is 4. The lowest BCUT2D eigenvalue weighted by atomic mass is 9.83. The van der Waals surface area contributed by atoms with Gasteiger partial charge in [-0.2, -0.15) is 18.3 Å². The Labute approximate surface area is 203 Å². The summed E-state index contributed by atoms with van der Waals surface area (Å²) in [5.74, 6) is -0.389. The van der Waals surface area contributed by atoms with E-state index in [1.54, 1.807) is 4.68 Å². The first-order valence-corrected chi connectivity index (χ1v) is 12.1. The van der Waals surface area contributed by atoms with Crippen LogP contribution in [-0.4, -0.2) is 40.5 Å². The largest absolute Gasteiger partial charge is 0.496 e. The molecule has 2 aromatic rings. The van der Waals surface area contributed by atoms with Gasteiger partial charge >= 0.3 is 6.18 Å². The Morgan fingerprint density at radius 2 is 2.00 bits per heavy atom. The summed E-state index contributed by atoms with van der Waals surface area (Å²) in [4.78, 5) is 17.1. The molecule has 34 heavy (non-hydrogen) atoms. The van der Waals surface area contributed by atoms with E-state index in [2.05, 4.69) is 22.3 Å². The molecule has 1 fully saturated rings. The van der Waals surface area contributed by atoms with Gasteiger partial charge in [-0.15, -0.1) is 0 Å². The predicted octanol–water partition coefficient (Wildman–Crippen LogP) is 5.92. The van der Waals surface area contributed by atoms with Crippen molar-refractivity contribution in [2.45, 2.75) is 65.6 Å². The van der Waals surface area contributed by atoms with Crippen molar-refractivity contribution in [1.29, 1.82) is 0 Å². The summed E-state index contributed by atoms with van der Waals surface area (Å²) in [6.45, 7) is 6.23.